The van der Waals surface area contributed by atoms with E-state index in [0.717, 1.165) is 32.1 Å². The van der Waals surface area contributed by atoms with Crippen LogP contribution < -0.4 is 5.32 Å². The summed E-state index contributed by atoms with van der Waals surface area (Å²) in [5, 5.41) is 3.24. The number of carbonyl (C=O) groups is 1. The molecule has 0 aliphatic heterocycles. The van der Waals surface area contributed by atoms with Crippen molar-refractivity contribution in [2.75, 3.05) is 0 Å². The van der Waals surface area contributed by atoms with Crippen molar-refractivity contribution in [2.45, 2.75) is 72.3 Å². The van der Waals surface area contributed by atoms with E-state index in [2.05, 4.69) is 26.1 Å². The predicted molar refractivity (Wildman–Crippen MR) is 65.8 cm³/mol. The van der Waals surface area contributed by atoms with Crippen molar-refractivity contribution in [1.82, 2.24) is 5.32 Å². The second-order valence-electron chi connectivity index (χ2n) is 4.78. The molecule has 0 bridgehead atoms. The number of nitrogens with one attached hydrogen (secondary N) is 1. The fourth-order valence-electron chi connectivity index (χ4n) is 2.05. The fourth-order valence-corrected chi connectivity index (χ4v) is 2.05. The SMILES string of the molecule is CCCC(CC)(CCC)NC(=O)C(C)C. The first-order chi connectivity index (χ1) is 7.01. The van der Waals surface area contributed by atoms with Crippen molar-refractivity contribution in [1.29, 1.82) is 0 Å². The predicted octanol–water partition coefficient (Wildman–Crippen LogP) is 3.51. The average molecular weight is 213 g/mol. The minimum absolute atomic E-state index is 0.0465. The monoisotopic (exact) mass is 213 g/mol. The van der Waals surface area contributed by atoms with Crippen LogP contribution in [0.1, 0.15) is 66.7 Å². The lowest BCUT2D eigenvalue weighted by Gasteiger charge is -2.34. The Kier molecular flexibility index (Phi) is 6.62. The third-order valence-electron chi connectivity index (χ3n) is 3.05. The molecule has 0 unspecified atom stereocenters. The van der Waals surface area contributed by atoms with Gasteiger partial charge in [-0.3, -0.25) is 4.79 Å². The van der Waals surface area contributed by atoms with Gasteiger partial charge in [0.05, 0.1) is 0 Å². The van der Waals surface area contributed by atoms with Crippen LogP contribution in [0, 0.1) is 5.92 Å². The molecule has 0 saturated heterocycles. The van der Waals surface area contributed by atoms with Crippen LogP contribution in [-0.2, 0) is 4.79 Å². The van der Waals surface area contributed by atoms with Gasteiger partial charge in [-0.1, -0.05) is 47.5 Å². The molecule has 15 heavy (non-hydrogen) atoms. The highest BCUT2D eigenvalue weighted by Gasteiger charge is 2.28. The van der Waals surface area contributed by atoms with E-state index in [1.165, 1.54) is 0 Å². The molecule has 0 fully saturated rings. The van der Waals surface area contributed by atoms with Crippen molar-refractivity contribution >= 4 is 5.91 Å². The van der Waals surface area contributed by atoms with Gasteiger partial charge in [0.15, 0.2) is 0 Å². The van der Waals surface area contributed by atoms with E-state index < -0.39 is 0 Å². The summed E-state index contributed by atoms with van der Waals surface area (Å²) in [5.41, 5.74) is 0.0465. The molecule has 0 aliphatic carbocycles. The van der Waals surface area contributed by atoms with E-state index in [1.807, 2.05) is 13.8 Å². The molecule has 90 valence electrons. The number of hydrogen-bond acceptors (Lipinski definition) is 1. The van der Waals surface area contributed by atoms with Gasteiger partial charge in [0.1, 0.15) is 0 Å². The second-order valence-corrected chi connectivity index (χ2v) is 4.78. The van der Waals surface area contributed by atoms with E-state index in [9.17, 15) is 4.79 Å². The Morgan fingerprint density at radius 1 is 1.13 bits per heavy atom. The molecule has 2 nitrogen and oxygen atoms in total. The summed E-state index contributed by atoms with van der Waals surface area (Å²) in [6.45, 7) is 10.4. The molecule has 0 aliphatic rings. The largest absolute Gasteiger partial charge is 0.350 e. The maximum absolute atomic E-state index is 11.8. The van der Waals surface area contributed by atoms with Gasteiger partial charge in [0, 0.05) is 11.5 Å². The lowest BCUT2D eigenvalue weighted by molar-refractivity contribution is -0.126. The van der Waals surface area contributed by atoms with E-state index in [0.29, 0.717) is 0 Å². The fraction of sp³-hybridized carbons (Fsp3) is 0.923. The van der Waals surface area contributed by atoms with Crippen LogP contribution in [0.2, 0.25) is 0 Å². The number of amides is 1. The molecule has 0 radical (unpaired) electrons. The maximum atomic E-state index is 11.8. The van der Waals surface area contributed by atoms with Crippen molar-refractivity contribution in [3.05, 3.63) is 0 Å². The topological polar surface area (TPSA) is 29.1 Å². The van der Waals surface area contributed by atoms with Crippen LogP contribution in [0.15, 0.2) is 0 Å². The van der Waals surface area contributed by atoms with Crippen LogP contribution in [-0.4, -0.2) is 11.4 Å². The standard InChI is InChI=1S/C13H27NO/c1-6-9-13(8-3,10-7-2)14-12(15)11(4)5/h11H,6-10H2,1-5H3,(H,14,15). The smallest absolute Gasteiger partial charge is 0.222 e. The average Bonchev–Trinajstić information content (AvgIpc) is 2.18. The Balaban J connectivity index is 4.52. The molecule has 1 amide bonds. The van der Waals surface area contributed by atoms with E-state index in [-0.39, 0.29) is 17.4 Å². The molecular weight excluding hydrogens is 186 g/mol. The molecule has 0 heterocycles. The third kappa shape index (κ3) is 4.67. The minimum atomic E-state index is 0.0465. The number of carbonyl (C=O) groups excluding carboxylic acids is 1. The zero-order chi connectivity index (χ0) is 11.9. The van der Waals surface area contributed by atoms with Gasteiger partial charge in [-0.05, 0) is 19.3 Å². The summed E-state index contributed by atoms with van der Waals surface area (Å²) in [7, 11) is 0. The maximum Gasteiger partial charge on any atom is 0.222 e. The second kappa shape index (κ2) is 6.86. The zero-order valence-corrected chi connectivity index (χ0v) is 11.0. The van der Waals surface area contributed by atoms with Crippen molar-refractivity contribution in [3.8, 4) is 0 Å². The first kappa shape index (κ1) is 14.5. The molecule has 2 heteroatoms. The summed E-state index contributed by atoms with van der Waals surface area (Å²) in [5.74, 6) is 0.281. The number of rotatable bonds is 7. The molecule has 0 saturated carbocycles. The minimum Gasteiger partial charge on any atom is -0.350 e. The molecule has 0 aromatic heterocycles. The molecule has 0 aromatic rings. The summed E-state index contributed by atoms with van der Waals surface area (Å²) in [4.78, 5) is 11.8. The van der Waals surface area contributed by atoms with Gasteiger partial charge in [0.2, 0.25) is 5.91 Å². The van der Waals surface area contributed by atoms with Crippen molar-refractivity contribution in [2.24, 2.45) is 5.92 Å². The van der Waals surface area contributed by atoms with Crippen LogP contribution >= 0.6 is 0 Å². The van der Waals surface area contributed by atoms with Crippen LogP contribution in [0.3, 0.4) is 0 Å². The van der Waals surface area contributed by atoms with E-state index in [1.54, 1.807) is 0 Å². The van der Waals surface area contributed by atoms with Gasteiger partial charge < -0.3 is 5.32 Å². The lowest BCUT2D eigenvalue weighted by Crippen LogP contribution is -2.49. The van der Waals surface area contributed by atoms with Crippen LogP contribution in [0.5, 0.6) is 0 Å². The highest BCUT2D eigenvalue weighted by molar-refractivity contribution is 5.78. The Morgan fingerprint density at radius 2 is 1.60 bits per heavy atom. The molecule has 0 spiro atoms. The van der Waals surface area contributed by atoms with E-state index >= 15 is 0 Å². The van der Waals surface area contributed by atoms with Crippen molar-refractivity contribution < 1.29 is 4.79 Å². The first-order valence-electron chi connectivity index (χ1n) is 6.33. The van der Waals surface area contributed by atoms with E-state index in [4.69, 9.17) is 0 Å². The Hall–Kier alpha value is -0.530. The molecule has 0 rings (SSSR count). The number of hydrogen-bond donors (Lipinski definition) is 1. The van der Waals surface area contributed by atoms with Gasteiger partial charge in [-0.2, -0.15) is 0 Å². The van der Waals surface area contributed by atoms with Gasteiger partial charge in [-0.15, -0.1) is 0 Å². The van der Waals surface area contributed by atoms with Gasteiger partial charge in [-0.25, -0.2) is 0 Å². The molecule has 0 atom stereocenters. The normalized spacial score (nSPS) is 11.9. The summed E-state index contributed by atoms with van der Waals surface area (Å²) in [6.07, 6.45) is 5.48. The molecule has 1 N–H and O–H groups in total. The zero-order valence-electron chi connectivity index (χ0n) is 11.0. The van der Waals surface area contributed by atoms with Gasteiger partial charge >= 0.3 is 0 Å². The Morgan fingerprint density at radius 3 is 1.87 bits per heavy atom. The highest BCUT2D eigenvalue weighted by Crippen LogP contribution is 2.24. The molecular formula is C13H27NO. The Bertz CT molecular complexity index is 181. The van der Waals surface area contributed by atoms with Crippen LogP contribution in [0.25, 0.3) is 0 Å². The summed E-state index contributed by atoms with van der Waals surface area (Å²) in [6, 6.07) is 0. The lowest BCUT2D eigenvalue weighted by atomic mass is 9.85. The first-order valence-corrected chi connectivity index (χ1v) is 6.33. The molecule has 0 aromatic carbocycles. The van der Waals surface area contributed by atoms with Gasteiger partial charge in [0.25, 0.3) is 0 Å². The summed E-state index contributed by atoms with van der Waals surface area (Å²) < 4.78 is 0. The quantitative estimate of drug-likeness (QED) is 0.689. The van der Waals surface area contributed by atoms with Crippen LogP contribution in [0.4, 0.5) is 0 Å². The highest BCUT2D eigenvalue weighted by atomic mass is 16.2. The van der Waals surface area contributed by atoms with Crippen molar-refractivity contribution in [3.63, 3.8) is 0 Å². The Labute approximate surface area is 94.8 Å². The third-order valence-corrected chi connectivity index (χ3v) is 3.05. The summed E-state index contributed by atoms with van der Waals surface area (Å²) >= 11 is 0.